The highest BCUT2D eigenvalue weighted by Gasteiger charge is 2.08. The van der Waals surface area contributed by atoms with E-state index in [0.29, 0.717) is 11.4 Å². The van der Waals surface area contributed by atoms with Gasteiger partial charge in [-0.1, -0.05) is 49.2 Å². The Morgan fingerprint density at radius 2 is 1.96 bits per heavy atom. The number of carbonyl (C=O) groups excluding carboxylic acids is 1. The molecule has 0 bridgehead atoms. The van der Waals surface area contributed by atoms with Gasteiger partial charge in [0.2, 0.25) is 5.91 Å². The Morgan fingerprint density at radius 1 is 1.16 bits per heavy atom. The second-order valence-corrected chi connectivity index (χ2v) is 7.07. The summed E-state index contributed by atoms with van der Waals surface area (Å²) in [6.45, 7) is 2.08. The number of aromatic nitrogens is 1. The highest BCUT2D eigenvalue weighted by Crippen LogP contribution is 2.30. The molecule has 0 aliphatic heterocycles. The first kappa shape index (κ1) is 17.6. The Morgan fingerprint density at radius 3 is 2.72 bits per heavy atom. The van der Waals surface area contributed by atoms with E-state index >= 15 is 0 Å². The summed E-state index contributed by atoms with van der Waals surface area (Å²) in [6.07, 6.45) is 2.47. The molecule has 1 amide bonds. The quantitative estimate of drug-likeness (QED) is 0.556. The van der Waals surface area contributed by atoms with E-state index in [4.69, 9.17) is 16.6 Å². The van der Waals surface area contributed by atoms with E-state index < -0.39 is 0 Å². The van der Waals surface area contributed by atoms with Gasteiger partial charge in [-0.25, -0.2) is 4.98 Å². The van der Waals surface area contributed by atoms with Crippen molar-refractivity contribution in [2.24, 2.45) is 0 Å². The van der Waals surface area contributed by atoms with Gasteiger partial charge in [0.1, 0.15) is 5.01 Å². The number of carbonyl (C=O) groups is 1. The number of nitrogens with zero attached hydrogens (tertiary/aromatic N) is 1. The van der Waals surface area contributed by atoms with Crippen molar-refractivity contribution in [3.8, 4) is 21.8 Å². The zero-order chi connectivity index (χ0) is 17.6. The normalized spacial score (nSPS) is 10.6. The minimum atomic E-state index is 0.0548. The van der Waals surface area contributed by atoms with Crippen LogP contribution in [0, 0.1) is 0 Å². The Kier molecular flexibility index (Phi) is 5.84. The lowest BCUT2D eigenvalue weighted by molar-refractivity contribution is -0.116. The van der Waals surface area contributed by atoms with Crippen molar-refractivity contribution < 1.29 is 4.79 Å². The molecule has 1 aromatic heterocycles. The zero-order valence-electron chi connectivity index (χ0n) is 14.0. The SMILES string of the molecule is CCCCC(=O)Nc1cccc(-c2csc(-c3ccc(Cl)cc3)n2)c1. The van der Waals surface area contributed by atoms with E-state index in [1.54, 1.807) is 11.3 Å². The molecule has 0 unspecified atom stereocenters. The van der Waals surface area contributed by atoms with Crippen molar-refractivity contribution in [2.45, 2.75) is 26.2 Å². The second kappa shape index (κ2) is 8.28. The molecular formula is C20H19ClN2OS. The van der Waals surface area contributed by atoms with Crippen LogP contribution in [-0.2, 0) is 4.79 Å². The summed E-state index contributed by atoms with van der Waals surface area (Å²) >= 11 is 7.53. The second-order valence-electron chi connectivity index (χ2n) is 5.78. The molecule has 0 atom stereocenters. The zero-order valence-corrected chi connectivity index (χ0v) is 15.5. The van der Waals surface area contributed by atoms with Crippen LogP contribution in [0.4, 0.5) is 5.69 Å². The van der Waals surface area contributed by atoms with Crippen molar-refractivity contribution in [1.29, 1.82) is 0 Å². The molecule has 2 aromatic carbocycles. The van der Waals surface area contributed by atoms with Crippen LogP contribution in [0.15, 0.2) is 53.9 Å². The topological polar surface area (TPSA) is 42.0 Å². The van der Waals surface area contributed by atoms with E-state index in [1.165, 1.54) is 0 Å². The summed E-state index contributed by atoms with van der Waals surface area (Å²) in [5.74, 6) is 0.0548. The number of amides is 1. The molecule has 3 aromatic rings. The molecule has 0 saturated carbocycles. The van der Waals surface area contributed by atoms with Gasteiger partial charge in [0.05, 0.1) is 5.69 Å². The number of unbranched alkanes of at least 4 members (excludes halogenated alkanes) is 1. The van der Waals surface area contributed by atoms with E-state index in [1.807, 2.05) is 53.9 Å². The minimum absolute atomic E-state index is 0.0548. The number of rotatable bonds is 6. The van der Waals surface area contributed by atoms with Gasteiger partial charge in [0, 0.05) is 33.6 Å². The molecule has 3 nitrogen and oxygen atoms in total. The Bertz CT molecular complexity index is 858. The summed E-state index contributed by atoms with van der Waals surface area (Å²) < 4.78 is 0. The lowest BCUT2D eigenvalue weighted by Crippen LogP contribution is -2.10. The third-order valence-corrected chi connectivity index (χ3v) is 4.94. The maximum atomic E-state index is 11.9. The van der Waals surface area contributed by atoms with Crippen LogP contribution in [0.25, 0.3) is 21.8 Å². The Hall–Kier alpha value is -2.17. The molecule has 1 N–H and O–H groups in total. The van der Waals surface area contributed by atoms with Crippen LogP contribution in [0.3, 0.4) is 0 Å². The molecule has 0 aliphatic carbocycles. The summed E-state index contributed by atoms with van der Waals surface area (Å²) in [7, 11) is 0. The largest absolute Gasteiger partial charge is 0.326 e. The number of benzene rings is 2. The van der Waals surface area contributed by atoms with Crippen LogP contribution in [0.2, 0.25) is 5.02 Å². The number of hydrogen-bond donors (Lipinski definition) is 1. The van der Waals surface area contributed by atoms with Gasteiger partial charge in [-0.3, -0.25) is 4.79 Å². The fraction of sp³-hybridized carbons (Fsp3) is 0.200. The molecule has 25 heavy (non-hydrogen) atoms. The minimum Gasteiger partial charge on any atom is -0.326 e. The fourth-order valence-corrected chi connectivity index (χ4v) is 3.41. The van der Waals surface area contributed by atoms with Crippen molar-refractivity contribution in [3.05, 3.63) is 58.9 Å². The lowest BCUT2D eigenvalue weighted by Gasteiger charge is -2.06. The van der Waals surface area contributed by atoms with Crippen LogP contribution in [0.5, 0.6) is 0 Å². The third kappa shape index (κ3) is 4.68. The fourth-order valence-electron chi connectivity index (χ4n) is 2.45. The van der Waals surface area contributed by atoms with Crippen LogP contribution in [0.1, 0.15) is 26.2 Å². The van der Waals surface area contributed by atoms with Crippen LogP contribution < -0.4 is 5.32 Å². The number of nitrogens with one attached hydrogen (secondary N) is 1. The van der Waals surface area contributed by atoms with Crippen molar-refractivity contribution in [2.75, 3.05) is 5.32 Å². The number of hydrogen-bond acceptors (Lipinski definition) is 3. The molecular weight excluding hydrogens is 352 g/mol. The molecule has 0 fully saturated rings. The molecule has 0 aliphatic rings. The van der Waals surface area contributed by atoms with Crippen LogP contribution in [-0.4, -0.2) is 10.9 Å². The average molecular weight is 371 g/mol. The monoisotopic (exact) mass is 370 g/mol. The van der Waals surface area contributed by atoms with Gasteiger partial charge in [0.15, 0.2) is 0 Å². The molecule has 128 valence electrons. The van der Waals surface area contributed by atoms with E-state index in [0.717, 1.165) is 40.4 Å². The number of thiazole rings is 1. The molecule has 0 spiro atoms. The van der Waals surface area contributed by atoms with Crippen molar-refractivity contribution in [3.63, 3.8) is 0 Å². The number of halogens is 1. The van der Waals surface area contributed by atoms with Gasteiger partial charge < -0.3 is 5.32 Å². The molecule has 0 radical (unpaired) electrons. The van der Waals surface area contributed by atoms with Crippen LogP contribution >= 0.6 is 22.9 Å². The predicted molar refractivity (Wildman–Crippen MR) is 106 cm³/mol. The van der Waals surface area contributed by atoms with Crippen molar-refractivity contribution in [1.82, 2.24) is 4.98 Å². The van der Waals surface area contributed by atoms with Gasteiger partial charge in [-0.05, 0) is 30.7 Å². The van der Waals surface area contributed by atoms with Crippen molar-refractivity contribution >= 4 is 34.5 Å². The molecule has 1 heterocycles. The molecule has 3 rings (SSSR count). The molecule has 0 saturated heterocycles. The lowest BCUT2D eigenvalue weighted by atomic mass is 10.1. The smallest absolute Gasteiger partial charge is 0.224 e. The van der Waals surface area contributed by atoms with E-state index in [9.17, 15) is 4.79 Å². The van der Waals surface area contributed by atoms with Gasteiger partial charge in [0.25, 0.3) is 0 Å². The van der Waals surface area contributed by atoms with E-state index in [-0.39, 0.29) is 5.91 Å². The third-order valence-electron chi connectivity index (χ3n) is 3.79. The predicted octanol–water partition coefficient (Wildman–Crippen LogP) is 6.26. The first-order valence-corrected chi connectivity index (χ1v) is 9.53. The maximum absolute atomic E-state index is 11.9. The summed E-state index contributed by atoms with van der Waals surface area (Å²) in [5, 5.41) is 6.65. The first-order valence-electron chi connectivity index (χ1n) is 8.27. The van der Waals surface area contributed by atoms with E-state index in [2.05, 4.69) is 12.2 Å². The summed E-state index contributed by atoms with van der Waals surface area (Å²) in [6, 6.07) is 15.5. The Balaban J connectivity index is 1.77. The Labute approximate surface area is 156 Å². The number of anilines is 1. The van der Waals surface area contributed by atoms with Gasteiger partial charge in [-0.2, -0.15) is 0 Å². The standard InChI is InChI=1S/C20H19ClN2OS/c1-2-3-7-19(24)22-17-6-4-5-15(12-17)18-13-25-20(23-18)14-8-10-16(21)11-9-14/h4-6,8-13H,2-3,7H2,1H3,(H,22,24). The first-order chi connectivity index (χ1) is 12.2. The maximum Gasteiger partial charge on any atom is 0.224 e. The van der Waals surface area contributed by atoms with Gasteiger partial charge >= 0.3 is 0 Å². The molecule has 5 heteroatoms. The summed E-state index contributed by atoms with van der Waals surface area (Å²) in [5.41, 5.74) is 3.74. The average Bonchev–Trinajstić information content (AvgIpc) is 3.11. The highest BCUT2D eigenvalue weighted by atomic mass is 35.5. The summed E-state index contributed by atoms with van der Waals surface area (Å²) in [4.78, 5) is 16.6. The van der Waals surface area contributed by atoms with Gasteiger partial charge in [-0.15, -0.1) is 11.3 Å². The highest BCUT2D eigenvalue weighted by molar-refractivity contribution is 7.13.